The largest absolute Gasteiger partial charge is 0.463 e. The second-order valence-electron chi connectivity index (χ2n) is 2.53. The third-order valence-electron chi connectivity index (χ3n) is 1.30. The summed E-state index contributed by atoms with van der Waals surface area (Å²) in [6.45, 7) is 3.81. The summed E-state index contributed by atoms with van der Waals surface area (Å²) in [5, 5.41) is 0. The lowest BCUT2D eigenvalue weighted by atomic mass is 10.3. The van der Waals surface area contributed by atoms with Crippen molar-refractivity contribution in [3.8, 4) is 0 Å². The molecule has 0 aromatic carbocycles. The Morgan fingerprint density at radius 2 is 2.27 bits per heavy atom. The average Bonchev–Trinajstić information content (AvgIpc) is 1.87. The Labute approximate surface area is 72.9 Å². The number of ether oxygens (including phenoxy) is 1. The van der Waals surface area contributed by atoms with Crippen LogP contribution in [-0.4, -0.2) is 18.0 Å². The number of esters is 1. The first-order valence-electron chi connectivity index (χ1n) is 3.96. The van der Waals surface area contributed by atoms with Gasteiger partial charge in [-0.3, -0.25) is 4.79 Å². The summed E-state index contributed by atoms with van der Waals surface area (Å²) < 4.78 is 5.01. The van der Waals surface area contributed by atoms with Gasteiger partial charge < -0.3 is 4.74 Å². The predicted octanol–water partition coefficient (Wildman–Crippen LogP) is 2.35. The minimum atomic E-state index is -0.120. The number of hydrogen-bond donors (Lipinski definition) is 0. The lowest BCUT2D eigenvalue weighted by Crippen LogP contribution is -2.14. The van der Waals surface area contributed by atoms with Crippen LogP contribution in [0.25, 0.3) is 0 Å². The summed E-state index contributed by atoms with van der Waals surface area (Å²) in [6.07, 6.45) is 2.04. The van der Waals surface area contributed by atoms with E-state index in [0.29, 0.717) is 12.3 Å². The summed E-state index contributed by atoms with van der Waals surface area (Å²) in [6, 6.07) is 0. The Hall–Kier alpha value is -0.240. The second kappa shape index (κ2) is 6.47. The van der Waals surface area contributed by atoms with Crippen LogP contribution >= 0.6 is 11.6 Å². The van der Waals surface area contributed by atoms with E-state index in [0.717, 1.165) is 12.8 Å². The molecule has 0 heterocycles. The van der Waals surface area contributed by atoms with Crippen LogP contribution in [0.5, 0.6) is 0 Å². The summed E-state index contributed by atoms with van der Waals surface area (Å²) in [7, 11) is 0. The monoisotopic (exact) mass is 178 g/mol. The van der Waals surface area contributed by atoms with Crippen molar-refractivity contribution in [2.75, 3.05) is 5.88 Å². The van der Waals surface area contributed by atoms with E-state index >= 15 is 0 Å². The molecule has 0 aromatic heterocycles. The van der Waals surface area contributed by atoms with Gasteiger partial charge in [-0.25, -0.2) is 0 Å². The van der Waals surface area contributed by atoms with Crippen LogP contribution in [0.1, 0.15) is 33.1 Å². The van der Waals surface area contributed by atoms with Gasteiger partial charge in [-0.1, -0.05) is 6.92 Å². The van der Waals surface area contributed by atoms with E-state index in [2.05, 4.69) is 0 Å². The Kier molecular flexibility index (Phi) is 6.33. The molecule has 66 valence electrons. The van der Waals surface area contributed by atoms with Gasteiger partial charge in [0.25, 0.3) is 0 Å². The zero-order valence-corrected chi connectivity index (χ0v) is 7.86. The molecule has 0 amide bonds. The predicted molar refractivity (Wildman–Crippen MR) is 45.8 cm³/mol. The fraction of sp³-hybridized carbons (Fsp3) is 0.875. The minimum Gasteiger partial charge on any atom is -0.463 e. The Morgan fingerprint density at radius 1 is 1.64 bits per heavy atom. The molecular formula is C8H15ClO2. The van der Waals surface area contributed by atoms with E-state index in [9.17, 15) is 4.79 Å². The molecule has 3 heteroatoms. The Morgan fingerprint density at radius 3 is 2.73 bits per heavy atom. The molecule has 0 saturated heterocycles. The zero-order valence-electron chi connectivity index (χ0n) is 7.10. The highest BCUT2D eigenvalue weighted by molar-refractivity contribution is 6.17. The van der Waals surface area contributed by atoms with E-state index < -0.39 is 0 Å². The van der Waals surface area contributed by atoms with Crippen molar-refractivity contribution in [3.63, 3.8) is 0 Å². The molecule has 0 aliphatic rings. The van der Waals surface area contributed by atoms with Crippen molar-refractivity contribution in [2.45, 2.75) is 39.2 Å². The molecule has 1 atom stereocenters. The van der Waals surface area contributed by atoms with Gasteiger partial charge >= 0.3 is 5.97 Å². The van der Waals surface area contributed by atoms with Gasteiger partial charge in [-0.05, 0) is 19.8 Å². The number of carbonyl (C=O) groups excluding carboxylic acids is 1. The normalized spacial score (nSPS) is 12.6. The highest BCUT2D eigenvalue weighted by Gasteiger charge is 2.06. The van der Waals surface area contributed by atoms with Gasteiger partial charge in [-0.2, -0.15) is 0 Å². The molecule has 0 radical (unpaired) electrons. The molecule has 0 rings (SSSR count). The second-order valence-corrected chi connectivity index (χ2v) is 2.91. The lowest BCUT2D eigenvalue weighted by Gasteiger charge is -2.10. The zero-order chi connectivity index (χ0) is 8.69. The number of halogens is 1. The molecule has 1 unspecified atom stereocenters. The number of hydrogen-bond acceptors (Lipinski definition) is 2. The van der Waals surface area contributed by atoms with Crippen molar-refractivity contribution < 1.29 is 9.53 Å². The van der Waals surface area contributed by atoms with Gasteiger partial charge in [0, 0.05) is 12.3 Å². The maximum absolute atomic E-state index is 10.9. The number of carbonyl (C=O) groups is 1. The molecule has 0 aromatic rings. The van der Waals surface area contributed by atoms with Crippen LogP contribution in [0.2, 0.25) is 0 Å². The summed E-state index contributed by atoms with van der Waals surface area (Å²) >= 11 is 5.47. The van der Waals surface area contributed by atoms with Gasteiger partial charge in [-0.15, -0.1) is 11.6 Å². The van der Waals surface area contributed by atoms with Gasteiger partial charge in [0.1, 0.15) is 6.10 Å². The van der Waals surface area contributed by atoms with Crippen LogP contribution < -0.4 is 0 Å². The van der Waals surface area contributed by atoms with Crippen LogP contribution in [-0.2, 0) is 9.53 Å². The minimum absolute atomic E-state index is 0.0356. The van der Waals surface area contributed by atoms with E-state index in [-0.39, 0.29) is 12.1 Å². The Bertz CT molecular complexity index is 115. The van der Waals surface area contributed by atoms with Crippen LogP contribution in [0.3, 0.4) is 0 Å². The van der Waals surface area contributed by atoms with Crippen molar-refractivity contribution in [2.24, 2.45) is 0 Å². The third kappa shape index (κ3) is 6.17. The molecule has 0 aliphatic carbocycles. The van der Waals surface area contributed by atoms with Crippen molar-refractivity contribution in [1.29, 1.82) is 0 Å². The highest BCUT2D eigenvalue weighted by atomic mass is 35.5. The molecule has 0 N–H and O–H groups in total. The van der Waals surface area contributed by atoms with Gasteiger partial charge in [0.15, 0.2) is 0 Å². The maximum atomic E-state index is 10.9. The fourth-order valence-electron chi connectivity index (χ4n) is 0.700. The first-order chi connectivity index (χ1) is 5.20. The molecule has 0 fully saturated rings. The molecule has 0 spiro atoms. The third-order valence-corrected chi connectivity index (χ3v) is 1.52. The van der Waals surface area contributed by atoms with Crippen LogP contribution in [0, 0.1) is 0 Å². The molecule has 0 saturated carbocycles. The van der Waals surface area contributed by atoms with Crippen molar-refractivity contribution in [3.05, 3.63) is 0 Å². The van der Waals surface area contributed by atoms with E-state index in [1.807, 2.05) is 13.8 Å². The lowest BCUT2D eigenvalue weighted by molar-refractivity contribution is -0.148. The van der Waals surface area contributed by atoms with E-state index in [4.69, 9.17) is 16.3 Å². The van der Waals surface area contributed by atoms with Crippen molar-refractivity contribution >= 4 is 17.6 Å². The summed E-state index contributed by atoms with van der Waals surface area (Å²) in [5.74, 6) is 0.422. The molecule has 2 nitrogen and oxygen atoms in total. The number of alkyl halides is 1. The smallest absolute Gasteiger partial charge is 0.306 e. The van der Waals surface area contributed by atoms with Gasteiger partial charge in [0.2, 0.25) is 0 Å². The topological polar surface area (TPSA) is 26.3 Å². The highest BCUT2D eigenvalue weighted by Crippen LogP contribution is 2.01. The summed E-state index contributed by atoms with van der Waals surface area (Å²) in [5.41, 5.74) is 0. The fourth-order valence-corrected chi connectivity index (χ4v) is 1.01. The first-order valence-corrected chi connectivity index (χ1v) is 4.49. The van der Waals surface area contributed by atoms with Gasteiger partial charge in [0.05, 0.1) is 0 Å². The van der Waals surface area contributed by atoms with Crippen LogP contribution in [0.15, 0.2) is 0 Å². The molecule has 0 bridgehead atoms. The molecule has 0 aliphatic heterocycles. The Balaban J connectivity index is 3.40. The standard InChI is InChI=1S/C8H15ClO2/c1-3-4-8(10)11-7(2)5-6-9/h7H,3-6H2,1-2H3. The molecule has 11 heavy (non-hydrogen) atoms. The average molecular weight is 179 g/mol. The maximum Gasteiger partial charge on any atom is 0.306 e. The van der Waals surface area contributed by atoms with E-state index in [1.54, 1.807) is 0 Å². The summed E-state index contributed by atoms with van der Waals surface area (Å²) in [4.78, 5) is 10.9. The first kappa shape index (κ1) is 10.8. The quantitative estimate of drug-likeness (QED) is 0.477. The van der Waals surface area contributed by atoms with Crippen LogP contribution in [0.4, 0.5) is 0 Å². The molecular weight excluding hydrogens is 164 g/mol. The van der Waals surface area contributed by atoms with Crippen molar-refractivity contribution in [1.82, 2.24) is 0 Å². The SMILES string of the molecule is CCCC(=O)OC(C)CCCl. The van der Waals surface area contributed by atoms with E-state index in [1.165, 1.54) is 0 Å². The number of rotatable bonds is 5.